The van der Waals surface area contributed by atoms with Gasteiger partial charge in [0.15, 0.2) is 12.5 Å². The van der Waals surface area contributed by atoms with Crippen LogP contribution >= 0.6 is 0 Å². The maximum absolute atomic E-state index is 10.6. The van der Waals surface area contributed by atoms with Crippen LogP contribution in [0.4, 0.5) is 0 Å². The molecule has 0 spiro atoms. The average Bonchev–Trinajstić information content (AvgIpc) is 2.47. The fraction of sp³-hybridized carbons (Fsp3) is 0.143. The minimum atomic E-state index is -0.635. The van der Waals surface area contributed by atoms with E-state index >= 15 is 0 Å². The minimum Gasteiger partial charge on any atom is -0.344 e. The van der Waals surface area contributed by atoms with Gasteiger partial charge in [0.25, 0.3) is 0 Å². The summed E-state index contributed by atoms with van der Waals surface area (Å²) in [5, 5.41) is 6.51. The molecule has 0 saturated carbocycles. The monoisotopic (exact) mass is 240 g/mol. The molecule has 0 saturated heterocycles. The number of nitrogens with zero attached hydrogens (tertiary/aromatic N) is 1. The molecule has 18 heavy (non-hydrogen) atoms. The van der Waals surface area contributed by atoms with Gasteiger partial charge in [0.05, 0.1) is 12.3 Å². The van der Waals surface area contributed by atoms with Crippen LogP contribution in [0.3, 0.4) is 0 Å². The average molecular weight is 240 g/mol. The third-order valence-corrected chi connectivity index (χ3v) is 2.95. The van der Waals surface area contributed by atoms with Crippen molar-refractivity contribution >= 4 is 22.8 Å². The second-order valence-electron chi connectivity index (χ2n) is 4.08. The van der Waals surface area contributed by atoms with E-state index in [4.69, 9.17) is 4.74 Å². The highest BCUT2D eigenvalue weighted by atomic mass is 16.5. The van der Waals surface area contributed by atoms with E-state index in [1.54, 1.807) is 0 Å². The first-order valence-corrected chi connectivity index (χ1v) is 5.75. The van der Waals surface area contributed by atoms with Crippen LogP contribution in [0, 0.1) is 0 Å². The quantitative estimate of drug-likeness (QED) is 0.813. The van der Waals surface area contributed by atoms with Crippen LogP contribution < -0.4 is 5.43 Å². The molecule has 2 aromatic carbocycles. The van der Waals surface area contributed by atoms with E-state index in [1.165, 1.54) is 0 Å². The van der Waals surface area contributed by atoms with Gasteiger partial charge in [-0.3, -0.25) is 10.2 Å². The summed E-state index contributed by atoms with van der Waals surface area (Å²) in [4.78, 5) is 10.6. The second-order valence-corrected chi connectivity index (χ2v) is 4.08. The van der Waals surface area contributed by atoms with Gasteiger partial charge in [-0.15, -0.1) is 0 Å². The predicted octanol–water partition coefficient (Wildman–Crippen LogP) is 1.69. The van der Waals surface area contributed by atoms with Crippen LogP contribution in [-0.4, -0.2) is 24.8 Å². The normalized spacial score (nSPS) is 19.1. The molecule has 1 aliphatic heterocycles. The topological polar surface area (TPSA) is 50.7 Å². The Morgan fingerprint density at radius 3 is 2.83 bits per heavy atom. The highest BCUT2D eigenvalue weighted by molar-refractivity contribution is 6.11. The molecule has 0 amide bonds. The molecular formula is C14H12N2O2. The molecule has 0 radical (unpaired) electrons. The minimum absolute atomic E-state index is 0.338. The Morgan fingerprint density at radius 1 is 1.22 bits per heavy atom. The highest BCUT2D eigenvalue weighted by Gasteiger charge is 2.16. The van der Waals surface area contributed by atoms with Gasteiger partial charge >= 0.3 is 0 Å². The molecule has 0 aromatic heterocycles. The highest BCUT2D eigenvalue weighted by Crippen LogP contribution is 2.20. The number of hydrogen-bond acceptors (Lipinski definition) is 4. The Morgan fingerprint density at radius 2 is 2.06 bits per heavy atom. The molecule has 2 aromatic rings. The summed E-state index contributed by atoms with van der Waals surface area (Å²) in [6.45, 7) is 0.338. The first-order chi connectivity index (χ1) is 8.88. The lowest BCUT2D eigenvalue weighted by Crippen LogP contribution is -2.37. The van der Waals surface area contributed by atoms with Gasteiger partial charge in [-0.1, -0.05) is 42.5 Å². The summed E-state index contributed by atoms with van der Waals surface area (Å²) in [6, 6.07) is 14.2. The van der Waals surface area contributed by atoms with Gasteiger partial charge in [0.2, 0.25) is 0 Å². The largest absolute Gasteiger partial charge is 0.344 e. The van der Waals surface area contributed by atoms with Crippen molar-refractivity contribution in [3.05, 3.63) is 48.0 Å². The number of benzene rings is 2. The molecule has 0 aliphatic carbocycles. The molecule has 1 N–H and O–H groups in total. The van der Waals surface area contributed by atoms with Crippen molar-refractivity contribution in [1.29, 1.82) is 0 Å². The molecule has 0 fully saturated rings. The van der Waals surface area contributed by atoms with Crippen LogP contribution in [0.25, 0.3) is 10.8 Å². The lowest BCUT2D eigenvalue weighted by molar-refractivity contribution is -0.119. The number of carbonyl (C=O) groups is 1. The fourth-order valence-electron chi connectivity index (χ4n) is 2.06. The van der Waals surface area contributed by atoms with Gasteiger partial charge in [0.1, 0.15) is 0 Å². The number of hydrazone groups is 1. The summed E-state index contributed by atoms with van der Waals surface area (Å²) in [7, 11) is 0. The van der Waals surface area contributed by atoms with Gasteiger partial charge in [-0.25, -0.2) is 0 Å². The summed E-state index contributed by atoms with van der Waals surface area (Å²) in [5.41, 5.74) is 4.52. The van der Waals surface area contributed by atoms with Crippen molar-refractivity contribution in [3.63, 3.8) is 0 Å². The zero-order chi connectivity index (χ0) is 12.4. The van der Waals surface area contributed by atoms with Crippen molar-refractivity contribution < 1.29 is 9.53 Å². The number of fused-ring (bicyclic) bond motifs is 1. The van der Waals surface area contributed by atoms with E-state index in [9.17, 15) is 4.79 Å². The van der Waals surface area contributed by atoms with Gasteiger partial charge in [-0.2, -0.15) is 5.10 Å². The number of rotatable bonds is 2. The first-order valence-electron chi connectivity index (χ1n) is 5.75. The fourth-order valence-corrected chi connectivity index (χ4v) is 2.06. The van der Waals surface area contributed by atoms with E-state index in [0.717, 1.165) is 22.0 Å². The van der Waals surface area contributed by atoms with Crippen molar-refractivity contribution in [2.24, 2.45) is 5.10 Å². The smallest absolute Gasteiger partial charge is 0.199 e. The van der Waals surface area contributed by atoms with E-state index in [2.05, 4.69) is 28.7 Å². The number of aldehydes is 1. The Hall–Kier alpha value is -2.20. The lowest BCUT2D eigenvalue weighted by atomic mass is 10.0. The van der Waals surface area contributed by atoms with E-state index < -0.39 is 6.23 Å². The van der Waals surface area contributed by atoms with E-state index in [0.29, 0.717) is 12.9 Å². The number of carbonyl (C=O) groups excluding carboxylic acids is 1. The summed E-state index contributed by atoms with van der Waals surface area (Å²) in [5.74, 6) is 0. The zero-order valence-electron chi connectivity index (χ0n) is 9.67. The molecule has 1 aliphatic rings. The van der Waals surface area contributed by atoms with Gasteiger partial charge in [-0.05, 0) is 10.8 Å². The predicted molar refractivity (Wildman–Crippen MR) is 69.4 cm³/mol. The SMILES string of the molecule is O=CC1NN=C(c2cccc3ccccc23)CO1. The molecular weight excluding hydrogens is 228 g/mol. The van der Waals surface area contributed by atoms with Crippen molar-refractivity contribution in [2.75, 3.05) is 6.61 Å². The maximum Gasteiger partial charge on any atom is 0.199 e. The van der Waals surface area contributed by atoms with Crippen molar-refractivity contribution in [1.82, 2.24) is 5.43 Å². The number of hydrogen-bond donors (Lipinski definition) is 1. The van der Waals surface area contributed by atoms with Crippen molar-refractivity contribution in [3.8, 4) is 0 Å². The van der Waals surface area contributed by atoms with Gasteiger partial charge in [0, 0.05) is 5.56 Å². The molecule has 4 nitrogen and oxygen atoms in total. The third-order valence-electron chi connectivity index (χ3n) is 2.95. The molecule has 3 rings (SSSR count). The standard InChI is InChI=1S/C14H12N2O2/c17-8-14-16-15-13(9-18-14)12-7-3-5-10-4-1-2-6-11(10)12/h1-8,14,16H,9H2. The van der Waals surface area contributed by atoms with E-state index in [-0.39, 0.29) is 0 Å². The second kappa shape index (κ2) is 4.58. The number of ether oxygens (including phenoxy) is 1. The lowest BCUT2D eigenvalue weighted by Gasteiger charge is -2.20. The van der Waals surface area contributed by atoms with Crippen LogP contribution in [-0.2, 0) is 9.53 Å². The van der Waals surface area contributed by atoms with Gasteiger partial charge < -0.3 is 4.74 Å². The molecule has 1 heterocycles. The van der Waals surface area contributed by atoms with Crippen LogP contribution in [0.2, 0.25) is 0 Å². The zero-order valence-corrected chi connectivity index (χ0v) is 9.67. The third kappa shape index (κ3) is 1.87. The van der Waals surface area contributed by atoms with Crippen LogP contribution in [0.1, 0.15) is 5.56 Å². The molecule has 90 valence electrons. The summed E-state index contributed by atoms with van der Waals surface area (Å²) >= 11 is 0. The maximum atomic E-state index is 10.6. The molecule has 1 atom stereocenters. The van der Waals surface area contributed by atoms with Crippen LogP contribution in [0.15, 0.2) is 47.6 Å². The molecule has 4 heteroatoms. The Bertz CT molecular complexity index is 617. The molecule has 0 bridgehead atoms. The van der Waals surface area contributed by atoms with Crippen LogP contribution in [0.5, 0.6) is 0 Å². The summed E-state index contributed by atoms with van der Waals surface area (Å²) in [6.07, 6.45) is 0.0624. The Balaban J connectivity index is 2.05. The van der Waals surface area contributed by atoms with E-state index in [1.807, 2.05) is 24.3 Å². The Kier molecular flexibility index (Phi) is 2.78. The summed E-state index contributed by atoms with van der Waals surface area (Å²) < 4.78 is 5.33. The Labute approximate surface area is 104 Å². The molecule has 1 unspecified atom stereocenters. The first kappa shape index (κ1) is 10.9. The number of nitrogens with one attached hydrogen (secondary N) is 1. The van der Waals surface area contributed by atoms with Crippen molar-refractivity contribution in [2.45, 2.75) is 6.23 Å².